The molecule has 1 N–H and O–H groups in total. The molecular weight excluding hydrogens is 210 g/mol. The van der Waals surface area contributed by atoms with Crippen LogP contribution in [0.5, 0.6) is 0 Å². The third-order valence-corrected chi connectivity index (χ3v) is 1.83. The lowest BCUT2D eigenvalue weighted by Crippen LogP contribution is -2.08. The van der Waals surface area contributed by atoms with Crippen LogP contribution in [-0.4, -0.2) is 25.3 Å². The number of methoxy groups -OCH3 is 1. The first-order valence-electron chi connectivity index (χ1n) is 4.53. The van der Waals surface area contributed by atoms with Crippen LogP contribution >= 0.6 is 0 Å². The van der Waals surface area contributed by atoms with Crippen LogP contribution in [-0.2, 0) is 9.53 Å². The molecule has 0 aliphatic carbocycles. The number of esters is 1. The van der Waals surface area contributed by atoms with Gasteiger partial charge in [0, 0.05) is 18.2 Å². The van der Waals surface area contributed by atoms with Crippen LogP contribution in [0.4, 0.5) is 5.69 Å². The minimum Gasteiger partial charge on any atom is -0.465 e. The first kappa shape index (κ1) is 11.9. The van der Waals surface area contributed by atoms with Crippen molar-refractivity contribution in [2.75, 3.05) is 12.4 Å². The van der Waals surface area contributed by atoms with Crippen molar-refractivity contribution in [3.05, 3.63) is 29.3 Å². The van der Waals surface area contributed by atoms with E-state index in [2.05, 4.69) is 10.1 Å². The fraction of sp³-hybridized carbons (Fsp3) is 0.182. The molecule has 0 saturated carbocycles. The van der Waals surface area contributed by atoms with Crippen molar-refractivity contribution in [1.29, 1.82) is 0 Å². The normalized spacial score (nSPS) is 9.38. The average Bonchev–Trinajstić information content (AvgIpc) is 2.26. The highest BCUT2D eigenvalue weighted by molar-refractivity contribution is 5.96. The fourth-order valence-electron chi connectivity index (χ4n) is 1.23. The standard InChI is InChI=1S/C11H11NO4/c1-7(14)12-10-4-8(6-13)3-9(5-10)11(15)16-2/h3-6H,1-2H3,(H,12,14). The number of ether oxygens (including phenoxy) is 1. The van der Waals surface area contributed by atoms with E-state index >= 15 is 0 Å². The summed E-state index contributed by atoms with van der Waals surface area (Å²) in [6.45, 7) is 1.34. The monoisotopic (exact) mass is 221 g/mol. The van der Waals surface area contributed by atoms with Crippen LogP contribution in [0.15, 0.2) is 18.2 Å². The molecule has 0 aliphatic rings. The predicted octanol–water partition coefficient (Wildman–Crippen LogP) is 1.24. The number of aldehydes is 1. The van der Waals surface area contributed by atoms with E-state index in [0.29, 0.717) is 17.5 Å². The summed E-state index contributed by atoms with van der Waals surface area (Å²) in [7, 11) is 1.24. The molecule has 1 rings (SSSR count). The van der Waals surface area contributed by atoms with E-state index < -0.39 is 5.97 Å². The number of hydrogen-bond acceptors (Lipinski definition) is 4. The van der Waals surface area contributed by atoms with Crippen molar-refractivity contribution in [3.8, 4) is 0 Å². The Balaban J connectivity index is 3.15. The lowest BCUT2D eigenvalue weighted by atomic mass is 10.1. The number of carbonyl (C=O) groups excluding carboxylic acids is 3. The molecule has 5 nitrogen and oxygen atoms in total. The van der Waals surface area contributed by atoms with Gasteiger partial charge in [-0.1, -0.05) is 0 Å². The number of nitrogens with one attached hydrogen (secondary N) is 1. The van der Waals surface area contributed by atoms with Gasteiger partial charge in [-0.25, -0.2) is 4.79 Å². The smallest absolute Gasteiger partial charge is 0.337 e. The molecule has 5 heteroatoms. The van der Waals surface area contributed by atoms with Crippen LogP contribution < -0.4 is 5.32 Å². The molecule has 0 bridgehead atoms. The number of amides is 1. The summed E-state index contributed by atoms with van der Waals surface area (Å²) < 4.78 is 4.53. The maximum atomic E-state index is 11.3. The molecule has 0 spiro atoms. The minimum absolute atomic E-state index is 0.218. The first-order valence-corrected chi connectivity index (χ1v) is 4.53. The molecule has 0 saturated heterocycles. The van der Waals surface area contributed by atoms with Gasteiger partial charge in [0.05, 0.1) is 12.7 Å². The zero-order valence-electron chi connectivity index (χ0n) is 8.94. The molecule has 1 aromatic rings. The van der Waals surface area contributed by atoms with Crippen LogP contribution in [0.3, 0.4) is 0 Å². The molecule has 0 heterocycles. The van der Waals surface area contributed by atoms with Crippen LogP contribution in [0.1, 0.15) is 27.6 Å². The highest BCUT2D eigenvalue weighted by atomic mass is 16.5. The first-order chi connectivity index (χ1) is 7.56. The van der Waals surface area contributed by atoms with Gasteiger partial charge in [-0.05, 0) is 18.2 Å². The van der Waals surface area contributed by atoms with Crippen LogP contribution in [0, 0.1) is 0 Å². The molecule has 0 radical (unpaired) electrons. The summed E-state index contributed by atoms with van der Waals surface area (Å²) in [5.74, 6) is -0.839. The Labute approximate surface area is 92.4 Å². The van der Waals surface area contributed by atoms with Crippen LogP contribution in [0.25, 0.3) is 0 Å². The Hall–Kier alpha value is -2.17. The SMILES string of the molecule is COC(=O)c1cc(C=O)cc(NC(C)=O)c1. The van der Waals surface area contributed by atoms with Crippen molar-refractivity contribution in [2.45, 2.75) is 6.92 Å². The number of carbonyl (C=O) groups is 3. The third kappa shape index (κ3) is 2.91. The Morgan fingerprint density at radius 1 is 1.31 bits per heavy atom. The van der Waals surface area contributed by atoms with Gasteiger partial charge in [0.1, 0.15) is 6.29 Å². The summed E-state index contributed by atoms with van der Waals surface area (Å²) >= 11 is 0. The Bertz CT molecular complexity index is 440. The van der Waals surface area contributed by atoms with Crippen molar-refractivity contribution in [2.24, 2.45) is 0 Å². The number of anilines is 1. The van der Waals surface area contributed by atoms with Gasteiger partial charge >= 0.3 is 5.97 Å². The topological polar surface area (TPSA) is 72.5 Å². The summed E-state index contributed by atoms with van der Waals surface area (Å²) in [6, 6.07) is 4.31. The summed E-state index contributed by atoms with van der Waals surface area (Å²) in [5, 5.41) is 2.49. The lowest BCUT2D eigenvalue weighted by molar-refractivity contribution is -0.114. The van der Waals surface area contributed by atoms with Gasteiger partial charge in [0.15, 0.2) is 0 Å². The van der Waals surface area contributed by atoms with Gasteiger partial charge < -0.3 is 10.1 Å². The molecule has 0 aliphatic heterocycles. The second-order valence-corrected chi connectivity index (χ2v) is 3.13. The fourth-order valence-corrected chi connectivity index (χ4v) is 1.23. The van der Waals surface area contributed by atoms with E-state index in [1.807, 2.05) is 0 Å². The van der Waals surface area contributed by atoms with Crippen molar-refractivity contribution >= 4 is 23.9 Å². The Kier molecular flexibility index (Phi) is 3.77. The van der Waals surface area contributed by atoms with Crippen molar-refractivity contribution in [1.82, 2.24) is 0 Å². The minimum atomic E-state index is -0.560. The number of rotatable bonds is 3. The van der Waals surface area contributed by atoms with E-state index in [0.717, 1.165) is 0 Å². The van der Waals surface area contributed by atoms with Gasteiger partial charge in [-0.3, -0.25) is 9.59 Å². The second-order valence-electron chi connectivity index (χ2n) is 3.13. The van der Waals surface area contributed by atoms with E-state index in [1.54, 1.807) is 0 Å². The molecule has 16 heavy (non-hydrogen) atoms. The third-order valence-electron chi connectivity index (χ3n) is 1.83. The van der Waals surface area contributed by atoms with Crippen molar-refractivity contribution < 1.29 is 19.1 Å². The molecule has 0 fully saturated rings. The van der Waals surface area contributed by atoms with E-state index in [1.165, 1.54) is 32.2 Å². The van der Waals surface area contributed by atoms with Crippen LogP contribution in [0.2, 0.25) is 0 Å². The Morgan fingerprint density at radius 3 is 2.50 bits per heavy atom. The maximum Gasteiger partial charge on any atom is 0.337 e. The van der Waals surface area contributed by atoms with E-state index in [-0.39, 0.29) is 11.5 Å². The molecule has 84 valence electrons. The number of hydrogen-bond donors (Lipinski definition) is 1. The quantitative estimate of drug-likeness (QED) is 0.615. The molecule has 1 amide bonds. The Morgan fingerprint density at radius 2 is 2.00 bits per heavy atom. The maximum absolute atomic E-state index is 11.3. The lowest BCUT2D eigenvalue weighted by Gasteiger charge is -2.05. The van der Waals surface area contributed by atoms with Gasteiger partial charge in [0.2, 0.25) is 5.91 Å². The van der Waals surface area contributed by atoms with Gasteiger partial charge in [0.25, 0.3) is 0 Å². The molecular formula is C11H11NO4. The molecule has 1 aromatic carbocycles. The highest BCUT2D eigenvalue weighted by Crippen LogP contribution is 2.14. The zero-order valence-corrected chi connectivity index (χ0v) is 8.94. The molecule has 0 unspecified atom stereocenters. The summed E-state index contributed by atoms with van der Waals surface area (Å²) in [5.41, 5.74) is 0.903. The van der Waals surface area contributed by atoms with Gasteiger partial charge in [-0.15, -0.1) is 0 Å². The summed E-state index contributed by atoms with van der Waals surface area (Å²) in [4.78, 5) is 32.8. The van der Waals surface area contributed by atoms with E-state index in [9.17, 15) is 14.4 Å². The predicted molar refractivity (Wildman–Crippen MR) is 57.5 cm³/mol. The summed E-state index contributed by atoms with van der Waals surface area (Å²) in [6.07, 6.45) is 0.595. The molecule has 0 atom stereocenters. The van der Waals surface area contributed by atoms with E-state index in [4.69, 9.17) is 0 Å². The zero-order chi connectivity index (χ0) is 12.1. The number of benzene rings is 1. The largest absolute Gasteiger partial charge is 0.465 e. The molecule has 0 aromatic heterocycles. The highest BCUT2D eigenvalue weighted by Gasteiger charge is 2.09. The van der Waals surface area contributed by atoms with Crippen molar-refractivity contribution in [3.63, 3.8) is 0 Å². The average molecular weight is 221 g/mol. The second kappa shape index (κ2) is 5.06. The van der Waals surface area contributed by atoms with Gasteiger partial charge in [-0.2, -0.15) is 0 Å².